The van der Waals surface area contributed by atoms with Crippen molar-refractivity contribution < 1.29 is 13.9 Å². The normalized spacial score (nSPS) is 10.4. The maximum absolute atomic E-state index is 13.0. The van der Waals surface area contributed by atoms with Crippen molar-refractivity contribution in [3.05, 3.63) is 59.4 Å². The zero-order valence-electron chi connectivity index (χ0n) is 16.8. The molecule has 0 spiro atoms. The zero-order valence-corrected chi connectivity index (χ0v) is 17.7. The lowest BCUT2D eigenvalue weighted by Gasteiger charge is -2.26. The molecule has 0 saturated heterocycles. The van der Waals surface area contributed by atoms with Gasteiger partial charge in [-0.05, 0) is 67.9 Å². The molecule has 0 fully saturated rings. The van der Waals surface area contributed by atoms with Gasteiger partial charge in [-0.3, -0.25) is 0 Å². The Morgan fingerprint density at radius 2 is 1.61 bits per heavy atom. The molecule has 0 amide bonds. The molecule has 0 heterocycles. The molecular formula is C22H29FN2O2S. The van der Waals surface area contributed by atoms with Crippen LogP contribution in [0.2, 0.25) is 0 Å². The summed E-state index contributed by atoms with van der Waals surface area (Å²) in [7, 11) is 0. The van der Waals surface area contributed by atoms with Gasteiger partial charge in [-0.1, -0.05) is 25.1 Å². The molecule has 4 nitrogen and oxygen atoms in total. The number of thiocarbonyl (C=S) groups is 1. The molecule has 28 heavy (non-hydrogen) atoms. The van der Waals surface area contributed by atoms with Gasteiger partial charge in [-0.25, -0.2) is 4.39 Å². The highest BCUT2D eigenvalue weighted by Crippen LogP contribution is 2.29. The summed E-state index contributed by atoms with van der Waals surface area (Å²) >= 11 is 5.60. The first kappa shape index (κ1) is 22.0. The molecule has 0 unspecified atom stereocenters. The van der Waals surface area contributed by atoms with E-state index >= 15 is 0 Å². The summed E-state index contributed by atoms with van der Waals surface area (Å²) in [6.07, 6.45) is 0.980. The van der Waals surface area contributed by atoms with Crippen LogP contribution >= 0.6 is 12.2 Å². The molecular weight excluding hydrogens is 375 g/mol. The summed E-state index contributed by atoms with van der Waals surface area (Å²) in [5, 5.41) is 3.95. The average molecular weight is 405 g/mol. The third-order valence-corrected chi connectivity index (χ3v) is 4.52. The number of nitrogens with zero attached hydrogens (tertiary/aromatic N) is 1. The molecule has 0 atom stereocenters. The number of benzene rings is 2. The lowest BCUT2D eigenvalue weighted by Crippen LogP contribution is -2.39. The smallest absolute Gasteiger partial charge is 0.169 e. The van der Waals surface area contributed by atoms with Crippen molar-refractivity contribution in [3.8, 4) is 11.5 Å². The van der Waals surface area contributed by atoms with E-state index in [-0.39, 0.29) is 5.82 Å². The van der Waals surface area contributed by atoms with Gasteiger partial charge in [0.25, 0.3) is 0 Å². The molecule has 2 rings (SSSR count). The molecule has 0 saturated carbocycles. The van der Waals surface area contributed by atoms with Crippen LogP contribution < -0.4 is 14.8 Å². The number of rotatable bonds is 10. The fourth-order valence-corrected chi connectivity index (χ4v) is 3.06. The van der Waals surface area contributed by atoms with E-state index < -0.39 is 0 Å². The third-order valence-electron chi connectivity index (χ3n) is 4.12. The monoisotopic (exact) mass is 404 g/mol. The minimum absolute atomic E-state index is 0.237. The number of hydrogen-bond acceptors (Lipinski definition) is 3. The molecule has 0 aliphatic carbocycles. The number of halogens is 1. The van der Waals surface area contributed by atoms with Crippen molar-refractivity contribution in [1.82, 2.24) is 10.2 Å². The van der Waals surface area contributed by atoms with Crippen molar-refractivity contribution in [3.63, 3.8) is 0 Å². The maximum atomic E-state index is 13.0. The molecule has 0 aromatic heterocycles. The molecule has 2 aromatic carbocycles. The van der Waals surface area contributed by atoms with E-state index in [4.69, 9.17) is 21.7 Å². The van der Waals surface area contributed by atoms with Crippen LogP contribution in [-0.4, -0.2) is 29.8 Å². The lowest BCUT2D eigenvalue weighted by atomic mass is 10.2. The van der Waals surface area contributed by atoms with Crippen molar-refractivity contribution in [1.29, 1.82) is 0 Å². The van der Waals surface area contributed by atoms with Gasteiger partial charge in [0.15, 0.2) is 16.6 Å². The molecule has 0 aliphatic rings. The van der Waals surface area contributed by atoms with E-state index in [2.05, 4.69) is 17.1 Å². The highest BCUT2D eigenvalue weighted by atomic mass is 32.1. The zero-order chi connectivity index (χ0) is 20.4. The molecule has 2 aromatic rings. The summed E-state index contributed by atoms with van der Waals surface area (Å²) < 4.78 is 24.4. The van der Waals surface area contributed by atoms with E-state index in [0.29, 0.717) is 31.4 Å². The Balaban J connectivity index is 2.05. The van der Waals surface area contributed by atoms with Gasteiger partial charge in [-0.15, -0.1) is 0 Å². The summed E-state index contributed by atoms with van der Waals surface area (Å²) in [4.78, 5) is 2.13. The summed E-state index contributed by atoms with van der Waals surface area (Å²) in [5.74, 6) is 1.27. The van der Waals surface area contributed by atoms with Gasteiger partial charge in [0.2, 0.25) is 0 Å². The van der Waals surface area contributed by atoms with Crippen LogP contribution in [0.5, 0.6) is 11.5 Å². The van der Waals surface area contributed by atoms with Crippen molar-refractivity contribution in [2.24, 2.45) is 0 Å². The van der Waals surface area contributed by atoms with Crippen LogP contribution in [0, 0.1) is 5.82 Å². The van der Waals surface area contributed by atoms with Crippen LogP contribution in [0.25, 0.3) is 0 Å². The fraction of sp³-hybridized carbons (Fsp3) is 0.409. The fourth-order valence-electron chi connectivity index (χ4n) is 2.83. The first-order valence-corrected chi connectivity index (χ1v) is 10.1. The predicted molar refractivity (Wildman–Crippen MR) is 115 cm³/mol. The van der Waals surface area contributed by atoms with Crippen molar-refractivity contribution in [2.75, 3.05) is 19.8 Å². The molecule has 1 N–H and O–H groups in total. The van der Waals surface area contributed by atoms with Crippen molar-refractivity contribution in [2.45, 2.75) is 40.3 Å². The van der Waals surface area contributed by atoms with Gasteiger partial charge in [0.1, 0.15) is 5.82 Å². The molecule has 0 aliphatic heterocycles. The Morgan fingerprint density at radius 3 is 2.25 bits per heavy atom. The Morgan fingerprint density at radius 1 is 0.964 bits per heavy atom. The van der Waals surface area contributed by atoms with E-state index in [1.165, 1.54) is 12.1 Å². The van der Waals surface area contributed by atoms with Gasteiger partial charge in [0, 0.05) is 19.6 Å². The molecule has 0 bridgehead atoms. The topological polar surface area (TPSA) is 33.7 Å². The SMILES string of the molecule is CCCN(Cc1ccc(OCC)c(OCC)c1)C(=S)NCc1ccc(F)cc1. The second kappa shape index (κ2) is 11.5. The van der Waals surface area contributed by atoms with Gasteiger partial charge in [0.05, 0.1) is 13.2 Å². The summed E-state index contributed by atoms with van der Waals surface area (Å²) in [5.41, 5.74) is 2.09. The maximum Gasteiger partial charge on any atom is 0.169 e. The third kappa shape index (κ3) is 6.68. The van der Waals surface area contributed by atoms with Gasteiger partial charge < -0.3 is 19.7 Å². The second-order valence-electron chi connectivity index (χ2n) is 6.35. The largest absolute Gasteiger partial charge is 0.490 e. The Hall–Kier alpha value is -2.34. The van der Waals surface area contributed by atoms with Gasteiger partial charge in [-0.2, -0.15) is 0 Å². The number of nitrogens with one attached hydrogen (secondary N) is 1. The second-order valence-corrected chi connectivity index (χ2v) is 6.74. The van der Waals surface area contributed by atoms with E-state index in [1.807, 2.05) is 32.0 Å². The number of ether oxygens (including phenoxy) is 2. The van der Waals surface area contributed by atoms with Crippen LogP contribution in [0.1, 0.15) is 38.3 Å². The Kier molecular flexibility index (Phi) is 9.01. The molecule has 0 radical (unpaired) electrons. The lowest BCUT2D eigenvalue weighted by molar-refractivity contribution is 0.287. The summed E-state index contributed by atoms with van der Waals surface area (Å²) in [6, 6.07) is 12.4. The average Bonchev–Trinajstić information content (AvgIpc) is 2.69. The van der Waals surface area contributed by atoms with Crippen LogP contribution in [-0.2, 0) is 13.1 Å². The van der Waals surface area contributed by atoms with Gasteiger partial charge >= 0.3 is 0 Å². The first-order chi connectivity index (χ1) is 13.6. The molecule has 6 heteroatoms. The first-order valence-electron chi connectivity index (χ1n) is 9.73. The summed E-state index contributed by atoms with van der Waals surface area (Å²) in [6.45, 7) is 9.30. The minimum atomic E-state index is -0.237. The Bertz CT molecular complexity index is 753. The molecule has 152 valence electrons. The number of hydrogen-bond donors (Lipinski definition) is 1. The standard InChI is InChI=1S/C22H29FN2O2S/c1-4-13-25(22(28)24-15-17-7-10-19(23)11-8-17)16-18-9-12-20(26-5-2)21(14-18)27-6-3/h7-12,14H,4-6,13,15-16H2,1-3H3,(H,24,28). The van der Waals surface area contributed by atoms with Crippen molar-refractivity contribution >= 4 is 17.3 Å². The predicted octanol–water partition coefficient (Wildman–Crippen LogP) is 4.91. The van der Waals surface area contributed by atoms with Crippen LogP contribution in [0.15, 0.2) is 42.5 Å². The van der Waals surface area contributed by atoms with E-state index in [1.54, 1.807) is 12.1 Å². The quantitative estimate of drug-likeness (QED) is 0.569. The van der Waals surface area contributed by atoms with Crippen LogP contribution in [0.3, 0.4) is 0 Å². The highest BCUT2D eigenvalue weighted by molar-refractivity contribution is 7.80. The van der Waals surface area contributed by atoms with E-state index in [0.717, 1.165) is 35.6 Å². The Labute approximate surface area is 172 Å². The highest BCUT2D eigenvalue weighted by Gasteiger charge is 2.12. The minimum Gasteiger partial charge on any atom is -0.490 e. The van der Waals surface area contributed by atoms with E-state index in [9.17, 15) is 4.39 Å². The van der Waals surface area contributed by atoms with Crippen LogP contribution in [0.4, 0.5) is 4.39 Å².